The van der Waals surface area contributed by atoms with Gasteiger partial charge in [-0.2, -0.15) is 0 Å². The van der Waals surface area contributed by atoms with Gasteiger partial charge in [0, 0.05) is 36.7 Å². The number of nitrogens with zero attached hydrogens (tertiary/aromatic N) is 1. The molecular formula is C21H32N4O3. The molecule has 0 atom stereocenters. The number of carbonyl (C=O) groups is 3. The molecule has 0 radical (unpaired) electrons. The fourth-order valence-electron chi connectivity index (χ4n) is 3.45. The average Bonchev–Trinajstić information content (AvgIpc) is 2.66. The maximum atomic E-state index is 12.5. The molecule has 7 heteroatoms. The van der Waals surface area contributed by atoms with Crippen LogP contribution in [0.5, 0.6) is 0 Å². The Bertz CT molecular complexity index is 665. The Balaban J connectivity index is 1.72. The minimum absolute atomic E-state index is 0.00267. The van der Waals surface area contributed by atoms with Gasteiger partial charge in [0.1, 0.15) is 0 Å². The largest absolute Gasteiger partial charge is 0.356 e. The van der Waals surface area contributed by atoms with Crippen LogP contribution < -0.4 is 16.0 Å². The summed E-state index contributed by atoms with van der Waals surface area (Å²) in [5, 5.41) is 8.64. The predicted molar refractivity (Wildman–Crippen MR) is 111 cm³/mol. The first kappa shape index (κ1) is 21.9. The molecule has 0 bridgehead atoms. The summed E-state index contributed by atoms with van der Waals surface area (Å²) in [5.41, 5.74) is 1.41. The van der Waals surface area contributed by atoms with Crippen molar-refractivity contribution in [3.05, 3.63) is 24.3 Å². The summed E-state index contributed by atoms with van der Waals surface area (Å²) in [5.74, 6) is -0.0632. The molecule has 2 rings (SSSR count). The molecule has 28 heavy (non-hydrogen) atoms. The van der Waals surface area contributed by atoms with Crippen molar-refractivity contribution in [3.63, 3.8) is 0 Å². The summed E-state index contributed by atoms with van der Waals surface area (Å²) in [4.78, 5) is 37.9. The standard InChI is InChI=1S/C21H32N4O3/c1-15(26)23-18-9-11-19(12-10-18)24-21(28)17-7-5-16(6-8-17)20(27)22-13-4-14-25(2)3/h9-12,16-17H,4-8,13-14H2,1-3H3,(H,22,27)(H,23,26)(H,24,28). The highest BCUT2D eigenvalue weighted by atomic mass is 16.2. The summed E-state index contributed by atoms with van der Waals surface area (Å²) in [6.45, 7) is 3.11. The highest BCUT2D eigenvalue weighted by molar-refractivity contribution is 5.93. The van der Waals surface area contributed by atoms with E-state index in [2.05, 4.69) is 20.9 Å². The molecule has 154 valence electrons. The van der Waals surface area contributed by atoms with Crippen molar-refractivity contribution in [2.24, 2.45) is 11.8 Å². The Morgan fingerprint density at radius 1 is 0.893 bits per heavy atom. The fourth-order valence-corrected chi connectivity index (χ4v) is 3.45. The van der Waals surface area contributed by atoms with Crippen LogP contribution in [0.15, 0.2) is 24.3 Å². The van der Waals surface area contributed by atoms with E-state index in [1.165, 1.54) is 6.92 Å². The van der Waals surface area contributed by atoms with Crippen LogP contribution >= 0.6 is 0 Å². The average molecular weight is 389 g/mol. The van der Waals surface area contributed by atoms with Gasteiger partial charge in [-0.3, -0.25) is 14.4 Å². The van der Waals surface area contributed by atoms with Gasteiger partial charge < -0.3 is 20.9 Å². The van der Waals surface area contributed by atoms with E-state index in [0.29, 0.717) is 17.9 Å². The molecule has 3 N–H and O–H groups in total. The molecule has 0 saturated heterocycles. The van der Waals surface area contributed by atoms with Crippen LogP contribution in [-0.4, -0.2) is 49.8 Å². The smallest absolute Gasteiger partial charge is 0.227 e. The van der Waals surface area contributed by atoms with E-state index < -0.39 is 0 Å². The van der Waals surface area contributed by atoms with Crippen molar-refractivity contribution in [3.8, 4) is 0 Å². The zero-order chi connectivity index (χ0) is 20.5. The van der Waals surface area contributed by atoms with Crippen LogP contribution in [0.2, 0.25) is 0 Å². The number of carbonyl (C=O) groups excluding carboxylic acids is 3. The molecule has 0 aromatic heterocycles. The Labute approximate surface area is 167 Å². The van der Waals surface area contributed by atoms with Crippen molar-refractivity contribution in [1.29, 1.82) is 0 Å². The highest BCUT2D eigenvalue weighted by Gasteiger charge is 2.29. The normalized spacial score (nSPS) is 19.1. The number of hydrogen-bond acceptors (Lipinski definition) is 4. The Morgan fingerprint density at radius 2 is 1.39 bits per heavy atom. The molecule has 1 aliphatic rings. The third kappa shape index (κ3) is 7.31. The quantitative estimate of drug-likeness (QED) is 0.597. The Morgan fingerprint density at radius 3 is 1.89 bits per heavy atom. The van der Waals surface area contributed by atoms with Gasteiger partial charge in [-0.25, -0.2) is 0 Å². The van der Waals surface area contributed by atoms with Crippen molar-refractivity contribution >= 4 is 29.1 Å². The van der Waals surface area contributed by atoms with Crippen molar-refractivity contribution in [1.82, 2.24) is 10.2 Å². The monoisotopic (exact) mass is 388 g/mol. The van der Waals surface area contributed by atoms with Crippen molar-refractivity contribution in [2.45, 2.75) is 39.0 Å². The van der Waals surface area contributed by atoms with E-state index >= 15 is 0 Å². The molecule has 0 spiro atoms. The topological polar surface area (TPSA) is 90.5 Å². The molecular weight excluding hydrogens is 356 g/mol. The summed E-state index contributed by atoms with van der Waals surface area (Å²) in [6, 6.07) is 7.06. The van der Waals surface area contributed by atoms with Crippen molar-refractivity contribution < 1.29 is 14.4 Å². The minimum Gasteiger partial charge on any atom is -0.356 e. The van der Waals surface area contributed by atoms with E-state index in [4.69, 9.17) is 0 Å². The summed E-state index contributed by atoms with van der Waals surface area (Å²) < 4.78 is 0. The molecule has 7 nitrogen and oxygen atoms in total. The Hall–Kier alpha value is -2.41. The van der Waals surface area contributed by atoms with Crippen LogP contribution in [0.25, 0.3) is 0 Å². The fraction of sp³-hybridized carbons (Fsp3) is 0.571. The molecule has 1 aliphatic carbocycles. The minimum atomic E-state index is -0.129. The lowest BCUT2D eigenvalue weighted by Crippen LogP contribution is -2.36. The lowest BCUT2D eigenvalue weighted by Gasteiger charge is -2.27. The number of amides is 3. The van der Waals surface area contributed by atoms with Gasteiger partial charge in [-0.15, -0.1) is 0 Å². The van der Waals surface area contributed by atoms with E-state index in [9.17, 15) is 14.4 Å². The third-order valence-corrected chi connectivity index (χ3v) is 5.02. The first-order valence-electron chi connectivity index (χ1n) is 9.96. The number of benzene rings is 1. The lowest BCUT2D eigenvalue weighted by molar-refractivity contribution is -0.128. The molecule has 1 saturated carbocycles. The van der Waals surface area contributed by atoms with E-state index in [1.807, 2.05) is 14.1 Å². The first-order chi connectivity index (χ1) is 13.3. The van der Waals surface area contributed by atoms with Gasteiger partial charge in [-0.05, 0) is 77.0 Å². The highest BCUT2D eigenvalue weighted by Crippen LogP contribution is 2.30. The SMILES string of the molecule is CC(=O)Nc1ccc(NC(=O)C2CCC(C(=O)NCCCN(C)C)CC2)cc1. The van der Waals surface area contributed by atoms with Gasteiger partial charge in [0.25, 0.3) is 0 Å². The molecule has 1 aromatic rings. The first-order valence-corrected chi connectivity index (χ1v) is 9.96. The number of rotatable bonds is 8. The molecule has 0 heterocycles. The summed E-state index contributed by atoms with van der Waals surface area (Å²) in [6.07, 6.45) is 3.90. The second-order valence-corrected chi connectivity index (χ2v) is 7.74. The number of nitrogens with one attached hydrogen (secondary N) is 3. The van der Waals surface area contributed by atoms with Crippen LogP contribution in [0, 0.1) is 11.8 Å². The van der Waals surface area contributed by atoms with Crippen LogP contribution in [0.1, 0.15) is 39.0 Å². The zero-order valence-electron chi connectivity index (χ0n) is 17.1. The molecule has 0 aliphatic heterocycles. The van der Waals surface area contributed by atoms with Crippen molar-refractivity contribution in [2.75, 3.05) is 37.8 Å². The van der Waals surface area contributed by atoms with Gasteiger partial charge in [0.2, 0.25) is 17.7 Å². The summed E-state index contributed by atoms with van der Waals surface area (Å²) >= 11 is 0. The maximum absolute atomic E-state index is 12.5. The Kier molecular flexibility index (Phi) is 8.44. The maximum Gasteiger partial charge on any atom is 0.227 e. The molecule has 0 unspecified atom stereocenters. The molecule has 3 amide bonds. The second kappa shape index (κ2) is 10.8. The van der Waals surface area contributed by atoms with Gasteiger partial charge in [0.15, 0.2) is 0 Å². The van der Waals surface area contributed by atoms with E-state index in [1.54, 1.807) is 24.3 Å². The van der Waals surface area contributed by atoms with Crippen LogP contribution in [0.4, 0.5) is 11.4 Å². The number of anilines is 2. The lowest BCUT2D eigenvalue weighted by atomic mass is 9.81. The number of hydrogen-bond donors (Lipinski definition) is 3. The van der Waals surface area contributed by atoms with E-state index in [0.717, 1.165) is 38.6 Å². The van der Waals surface area contributed by atoms with Gasteiger partial charge >= 0.3 is 0 Å². The third-order valence-electron chi connectivity index (χ3n) is 5.02. The molecule has 1 fully saturated rings. The van der Waals surface area contributed by atoms with Gasteiger partial charge in [-0.1, -0.05) is 0 Å². The summed E-state index contributed by atoms with van der Waals surface area (Å²) in [7, 11) is 4.04. The predicted octanol–water partition coefficient (Wildman–Crippen LogP) is 2.46. The van der Waals surface area contributed by atoms with Gasteiger partial charge in [0.05, 0.1) is 0 Å². The zero-order valence-corrected chi connectivity index (χ0v) is 17.1. The van der Waals surface area contributed by atoms with E-state index in [-0.39, 0.29) is 29.6 Å². The van der Waals surface area contributed by atoms with Crippen LogP contribution in [-0.2, 0) is 14.4 Å². The molecule has 1 aromatic carbocycles. The second-order valence-electron chi connectivity index (χ2n) is 7.74. The van der Waals surface area contributed by atoms with Crippen LogP contribution in [0.3, 0.4) is 0 Å².